The standard InChI is InChI=1S/C28H31N7O/c29-17-21-1-3-24(4-2-21)27-28-26(19-32-35(28)10-9-30-27)23-7-5-22(6-8-23)25-18-31-34(20-25)12-11-33-13-15-36-16-14-33/h5-10,18-21,24H,1-4,11-16H2/t21-,24+. The molecule has 2 fully saturated rings. The molecule has 3 aromatic heterocycles. The quantitative estimate of drug-likeness (QED) is 0.406. The van der Waals surface area contributed by atoms with Crippen molar-refractivity contribution in [1.29, 1.82) is 5.26 Å². The van der Waals surface area contributed by atoms with Crippen LogP contribution < -0.4 is 0 Å². The van der Waals surface area contributed by atoms with E-state index in [4.69, 9.17) is 9.72 Å². The first-order valence-corrected chi connectivity index (χ1v) is 12.9. The highest BCUT2D eigenvalue weighted by atomic mass is 16.5. The molecule has 8 nitrogen and oxygen atoms in total. The van der Waals surface area contributed by atoms with Crippen molar-refractivity contribution >= 4 is 5.52 Å². The first-order chi connectivity index (χ1) is 17.8. The third-order valence-corrected chi connectivity index (χ3v) is 7.67. The number of nitriles is 1. The number of hydrogen-bond acceptors (Lipinski definition) is 6. The van der Waals surface area contributed by atoms with Crippen molar-refractivity contribution < 1.29 is 4.74 Å². The molecular weight excluding hydrogens is 450 g/mol. The molecule has 0 spiro atoms. The number of benzene rings is 1. The van der Waals surface area contributed by atoms with E-state index in [2.05, 4.69) is 51.6 Å². The van der Waals surface area contributed by atoms with Gasteiger partial charge < -0.3 is 4.74 Å². The lowest BCUT2D eigenvalue weighted by molar-refractivity contribution is 0.0360. The topological polar surface area (TPSA) is 84.3 Å². The van der Waals surface area contributed by atoms with Crippen LogP contribution in [0.15, 0.2) is 55.2 Å². The summed E-state index contributed by atoms with van der Waals surface area (Å²) in [5.41, 5.74) is 6.70. The van der Waals surface area contributed by atoms with E-state index in [1.807, 2.05) is 34.0 Å². The molecule has 1 aromatic carbocycles. The van der Waals surface area contributed by atoms with Gasteiger partial charge in [-0.1, -0.05) is 24.3 Å². The van der Waals surface area contributed by atoms with Crippen molar-refractivity contribution in [3.05, 3.63) is 60.9 Å². The maximum atomic E-state index is 9.28. The Hall–Kier alpha value is -3.54. The van der Waals surface area contributed by atoms with E-state index in [0.717, 1.165) is 98.5 Å². The molecule has 0 atom stereocenters. The van der Waals surface area contributed by atoms with E-state index in [0.29, 0.717) is 5.92 Å². The number of nitrogens with zero attached hydrogens (tertiary/aromatic N) is 7. The predicted molar refractivity (Wildman–Crippen MR) is 137 cm³/mol. The van der Waals surface area contributed by atoms with Gasteiger partial charge in [-0.25, -0.2) is 4.52 Å². The largest absolute Gasteiger partial charge is 0.379 e. The van der Waals surface area contributed by atoms with Crippen LogP contribution in [-0.2, 0) is 11.3 Å². The fourth-order valence-corrected chi connectivity index (χ4v) is 5.52. The van der Waals surface area contributed by atoms with Gasteiger partial charge in [0.2, 0.25) is 0 Å². The fraction of sp³-hybridized carbons (Fsp3) is 0.429. The molecule has 8 heteroatoms. The Labute approximate surface area is 211 Å². The minimum Gasteiger partial charge on any atom is -0.379 e. The van der Waals surface area contributed by atoms with Crippen molar-refractivity contribution in [2.45, 2.75) is 38.1 Å². The molecule has 2 aliphatic rings. The van der Waals surface area contributed by atoms with Crippen LogP contribution in [-0.4, -0.2) is 62.1 Å². The molecule has 0 unspecified atom stereocenters. The van der Waals surface area contributed by atoms with Crippen LogP contribution in [0.4, 0.5) is 0 Å². The van der Waals surface area contributed by atoms with Crippen LogP contribution in [0.25, 0.3) is 27.8 Å². The number of ether oxygens (including phenoxy) is 1. The van der Waals surface area contributed by atoms with Crippen molar-refractivity contribution in [1.82, 2.24) is 29.3 Å². The minimum absolute atomic E-state index is 0.182. The van der Waals surface area contributed by atoms with Crippen LogP contribution in [0, 0.1) is 17.2 Å². The SMILES string of the molecule is N#C[C@H]1CC[C@@H](c2nccn3ncc(-c4ccc(-c5cnn(CCN6CCOCC6)c5)cc4)c23)CC1. The molecule has 6 rings (SSSR count). The molecule has 4 aromatic rings. The number of fused-ring (bicyclic) bond motifs is 1. The smallest absolute Gasteiger partial charge is 0.0958 e. The van der Waals surface area contributed by atoms with Crippen molar-refractivity contribution in [3.63, 3.8) is 0 Å². The van der Waals surface area contributed by atoms with Gasteiger partial charge in [0, 0.05) is 61.2 Å². The van der Waals surface area contributed by atoms with Crippen LogP contribution >= 0.6 is 0 Å². The summed E-state index contributed by atoms with van der Waals surface area (Å²) in [6.45, 7) is 5.51. The van der Waals surface area contributed by atoms with E-state index >= 15 is 0 Å². The molecule has 0 radical (unpaired) electrons. The Kier molecular flexibility index (Phi) is 6.50. The second kappa shape index (κ2) is 10.2. The molecular formula is C28H31N7O. The molecule has 0 amide bonds. The molecule has 36 heavy (non-hydrogen) atoms. The lowest BCUT2D eigenvalue weighted by atomic mass is 9.80. The summed E-state index contributed by atoms with van der Waals surface area (Å²) in [4.78, 5) is 7.22. The number of aromatic nitrogens is 5. The zero-order valence-corrected chi connectivity index (χ0v) is 20.5. The number of hydrogen-bond donors (Lipinski definition) is 0. The normalized spacial score (nSPS) is 21.0. The lowest BCUT2D eigenvalue weighted by Crippen LogP contribution is -2.38. The lowest BCUT2D eigenvalue weighted by Gasteiger charge is -2.26. The van der Waals surface area contributed by atoms with Gasteiger partial charge in [-0.05, 0) is 36.8 Å². The molecule has 4 heterocycles. The molecule has 1 saturated heterocycles. The number of rotatable bonds is 6. The van der Waals surface area contributed by atoms with Gasteiger partial charge in [-0.2, -0.15) is 15.5 Å². The van der Waals surface area contributed by atoms with E-state index in [1.165, 1.54) is 0 Å². The Bertz CT molecular complexity index is 1350. The zero-order chi connectivity index (χ0) is 24.3. The predicted octanol–water partition coefficient (Wildman–Crippen LogP) is 4.39. The highest BCUT2D eigenvalue weighted by Gasteiger charge is 2.26. The average Bonchev–Trinajstić information content (AvgIpc) is 3.60. The first kappa shape index (κ1) is 22.9. The minimum atomic E-state index is 0.182. The third-order valence-electron chi connectivity index (χ3n) is 7.67. The Balaban J connectivity index is 1.20. The maximum absolute atomic E-state index is 9.28. The monoisotopic (exact) mass is 481 g/mol. The summed E-state index contributed by atoms with van der Waals surface area (Å²) >= 11 is 0. The molecule has 0 N–H and O–H groups in total. The van der Waals surface area contributed by atoms with Gasteiger partial charge in [0.05, 0.1) is 49.4 Å². The summed E-state index contributed by atoms with van der Waals surface area (Å²) in [7, 11) is 0. The van der Waals surface area contributed by atoms with Gasteiger partial charge in [-0.15, -0.1) is 0 Å². The van der Waals surface area contributed by atoms with Crippen molar-refractivity contribution in [2.75, 3.05) is 32.8 Å². The van der Waals surface area contributed by atoms with Gasteiger partial charge in [-0.3, -0.25) is 14.6 Å². The fourth-order valence-electron chi connectivity index (χ4n) is 5.52. The maximum Gasteiger partial charge on any atom is 0.0958 e. The van der Waals surface area contributed by atoms with Crippen molar-refractivity contribution in [3.8, 4) is 28.3 Å². The Morgan fingerprint density at radius 3 is 2.47 bits per heavy atom. The van der Waals surface area contributed by atoms with Gasteiger partial charge in [0.15, 0.2) is 0 Å². The van der Waals surface area contributed by atoms with Gasteiger partial charge in [0.25, 0.3) is 0 Å². The zero-order valence-electron chi connectivity index (χ0n) is 20.5. The molecule has 184 valence electrons. The average molecular weight is 482 g/mol. The first-order valence-electron chi connectivity index (χ1n) is 12.9. The highest BCUT2D eigenvalue weighted by Crippen LogP contribution is 2.38. The highest BCUT2D eigenvalue weighted by molar-refractivity contribution is 5.83. The summed E-state index contributed by atoms with van der Waals surface area (Å²) < 4.78 is 9.41. The van der Waals surface area contributed by atoms with Crippen LogP contribution in [0.2, 0.25) is 0 Å². The molecule has 1 aliphatic carbocycles. The van der Waals surface area contributed by atoms with Gasteiger partial charge in [0.1, 0.15) is 0 Å². The summed E-state index contributed by atoms with van der Waals surface area (Å²) in [6.07, 6.45) is 13.7. The van der Waals surface area contributed by atoms with Gasteiger partial charge >= 0.3 is 0 Å². The Morgan fingerprint density at radius 1 is 0.917 bits per heavy atom. The van der Waals surface area contributed by atoms with E-state index < -0.39 is 0 Å². The Morgan fingerprint density at radius 2 is 1.69 bits per heavy atom. The molecule has 1 aliphatic heterocycles. The van der Waals surface area contributed by atoms with Crippen molar-refractivity contribution in [2.24, 2.45) is 5.92 Å². The second-order valence-electron chi connectivity index (χ2n) is 9.86. The third kappa shape index (κ3) is 4.64. The molecule has 1 saturated carbocycles. The van der Waals surface area contributed by atoms with Crippen LogP contribution in [0.5, 0.6) is 0 Å². The summed E-state index contributed by atoms with van der Waals surface area (Å²) in [6, 6.07) is 11.1. The number of morpholine rings is 1. The van der Waals surface area contributed by atoms with E-state index in [1.54, 1.807) is 0 Å². The van der Waals surface area contributed by atoms with Crippen LogP contribution in [0.1, 0.15) is 37.3 Å². The summed E-state index contributed by atoms with van der Waals surface area (Å²) in [5.74, 6) is 0.554. The summed E-state index contributed by atoms with van der Waals surface area (Å²) in [5, 5.41) is 18.5. The molecule has 0 bridgehead atoms. The second-order valence-corrected chi connectivity index (χ2v) is 9.86. The van der Waals surface area contributed by atoms with E-state index in [-0.39, 0.29) is 5.92 Å². The van der Waals surface area contributed by atoms with Crippen LogP contribution in [0.3, 0.4) is 0 Å². The van der Waals surface area contributed by atoms with E-state index in [9.17, 15) is 5.26 Å².